The fourth-order valence-electron chi connectivity index (χ4n) is 5.87. The summed E-state index contributed by atoms with van der Waals surface area (Å²) in [7, 11) is 0. The minimum Gasteiger partial charge on any atom is -0.326 e. The molecular weight excluding hydrogens is 327 g/mol. The van der Waals surface area contributed by atoms with Gasteiger partial charge in [-0.05, 0) is 79.4 Å². The van der Waals surface area contributed by atoms with Gasteiger partial charge in [0.15, 0.2) is 0 Å². The molecule has 0 radical (unpaired) electrons. The summed E-state index contributed by atoms with van der Waals surface area (Å²) in [6.07, 6.45) is 2.27. The van der Waals surface area contributed by atoms with Gasteiger partial charge in [0.25, 0.3) is 0 Å². The number of halogens is 3. The lowest BCUT2D eigenvalue weighted by Gasteiger charge is -2.60. The third-order valence-corrected chi connectivity index (χ3v) is 7.02. The number of carbonyl (C=O) groups is 1. The van der Waals surface area contributed by atoms with Gasteiger partial charge in [-0.2, -0.15) is 13.2 Å². The summed E-state index contributed by atoms with van der Waals surface area (Å²) in [5, 5.41) is 2.70. The molecule has 0 unspecified atom stereocenters. The van der Waals surface area contributed by atoms with Gasteiger partial charge >= 0.3 is 6.18 Å². The molecule has 4 bridgehead atoms. The molecule has 136 valence electrons. The lowest BCUT2D eigenvalue weighted by Crippen LogP contribution is -2.52. The van der Waals surface area contributed by atoms with Crippen LogP contribution in [0.5, 0.6) is 0 Å². The molecule has 1 N–H and O–H groups in total. The third kappa shape index (κ3) is 3.06. The predicted octanol–water partition coefficient (Wildman–Crippen LogP) is 5.50. The van der Waals surface area contributed by atoms with E-state index in [-0.39, 0.29) is 17.0 Å². The first kappa shape index (κ1) is 16.9. The standard InChI is InChI=1S/C20H24F3NO/c1-19(15-6-12-5-13(8-15)9-16(19)7-12)11-18(25)24-17-4-2-3-14(10-17)20(21,22)23/h2-4,10,12-13,15-16H,5-9,11H2,1H3,(H,24,25). The number of hydrogen-bond donors (Lipinski definition) is 1. The number of rotatable bonds is 3. The zero-order valence-corrected chi connectivity index (χ0v) is 14.4. The van der Waals surface area contributed by atoms with Crippen LogP contribution in [0.4, 0.5) is 18.9 Å². The van der Waals surface area contributed by atoms with E-state index >= 15 is 0 Å². The first-order chi connectivity index (χ1) is 11.7. The summed E-state index contributed by atoms with van der Waals surface area (Å²) < 4.78 is 38.5. The lowest BCUT2D eigenvalue weighted by molar-refractivity contribution is -0.137. The van der Waals surface area contributed by atoms with E-state index in [2.05, 4.69) is 12.2 Å². The highest BCUT2D eigenvalue weighted by molar-refractivity contribution is 5.91. The molecule has 25 heavy (non-hydrogen) atoms. The first-order valence-corrected chi connectivity index (χ1v) is 9.21. The van der Waals surface area contributed by atoms with Crippen molar-refractivity contribution >= 4 is 11.6 Å². The molecule has 0 aliphatic heterocycles. The van der Waals surface area contributed by atoms with Crippen LogP contribution >= 0.6 is 0 Å². The molecule has 1 aromatic carbocycles. The van der Waals surface area contributed by atoms with E-state index in [9.17, 15) is 18.0 Å². The number of amides is 1. The Balaban J connectivity index is 1.46. The Morgan fingerprint density at radius 3 is 2.28 bits per heavy atom. The van der Waals surface area contributed by atoms with Gasteiger partial charge in [0, 0.05) is 12.1 Å². The quantitative estimate of drug-likeness (QED) is 0.766. The first-order valence-electron chi connectivity index (χ1n) is 9.21. The second kappa shape index (κ2) is 5.75. The highest BCUT2D eigenvalue weighted by Crippen LogP contribution is 2.63. The van der Waals surface area contributed by atoms with Gasteiger partial charge < -0.3 is 5.32 Å². The number of hydrogen-bond acceptors (Lipinski definition) is 1. The molecule has 0 aromatic heterocycles. The molecule has 5 rings (SSSR count). The maximum Gasteiger partial charge on any atom is 0.416 e. The van der Waals surface area contributed by atoms with E-state index in [0.29, 0.717) is 18.3 Å². The largest absolute Gasteiger partial charge is 0.416 e. The molecule has 5 heteroatoms. The summed E-state index contributed by atoms with van der Waals surface area (Å²) in [6, 6.07) is 4.89. The van der Waals surface area contributed by atoms with Gasteiger partial charge in [-0.3, -0.25) is 4.79 Å². The fourth-order valence-corrected chi connectivity index (χ4v) is 5.87. The molecule has 4 fully saturated rings. The van der Waals surface area contributed by atoms with Crippen molar-refractivity contribution in [2.75, 3.05) is 5.32 Å². The Morgan fingerprint density at radius 2 is 1.72 bits per heavy atom. The summed E-state index contributed by atoms with van der Waals surface area (Å²) in [6.45, 7) is 2.23. The number of alkyl halides is 3. The fraction of sp³-hybridized carbons (Fsp3) is 0.650. The van der Waals surface area contributed by atoms with E-state index < -0.39 is 11.7 Å². The number of nitrogens with one attached hydrogen (secondary N) is 1. The Morgan fingerprint density at radius 1 is 1.12 bits per heavy atom. The molecule has 0 heterocycles. The van der Waals surface area contributed by atoms with E-state index in [1.807, 2.05) is 0 Å². The second-order valence-corrected chi connectivity index (χ2v) is 8.61. The zero-order valence-electron chi connectivity index (χ0n) is 14.4. The Labute approximate surface area is 146 Å². The van der Waals surface area contributed by atoms with Gasteiger partial charge in [0.1, 0.15) is 0 Å². The smallest absolute Gasteiger partial charge is 0.326 e. The molecule has 4 aliphatic rings. The van der Waals surface area contributed by atoms with Crippen molar-refractivity contribution in [1.82, 2.24) is 0 Å². The van der Waals surface area contributed by atoms with Crippen LogP contribution < -0.4 is 5.32 Å². The lowest BCUT2D eigenvalue weighted by atomic mass is 9.45. The SMILES string of the molecule is CC1(CC(=O)Nc2cccc(C(F)(F)F)c2)C2CC3CC(C2)CC1C3. The van der Waals surface area contributed by atoms with Crippen molar-refractivity contribution < 1.29 is 18.0 Å². The zero-order chi connectivity index (χ0) is 17.8. The molecule has 0 spiro atoms. The number of anilines is 1. The minimum absolute atomic E-state index is 0.000852. The molecule has 0 atom stereocenters. The van der Waals surface area contributed by atoms with E-state index in [4.69, 9.17) is 0 Å². The average Bonchev–Trinajstić information content (AvgIpc) is 2.51. The minimum atomic E-state index is -4.39. The molecular formula is C20H24F3NO. The maximum absolute atomic E-state index is 12.8. The third-order valence-electron chi connectivity index (χ3n) is 7.02. The van der Waals surface area contributed by atoms with Crippen LogP contribution in [0.25, 0.3) is 0 Å². The summed E-state index contributed by atoms with van der Waals surface area (Å²) in [5.41, 5.74) is -0.502. The van der Waals surface area contributed by atoms with Crippen LogP contribution in [0, 0.1) is 29.1 Å². The molecule has 2 nitrogen and oxygen atoms in total. The van der Waals surface area contributed by atoms with E-state index in [0.717, 1.165) is 24.0 Å². The van der Waals surface area contributed by atoms with Gasteiger partial charge in [-0.1, -0.05) is 13.0 Å². The monoisotopic (exact) mass is 351 g/mol. The predicted molar refractivity (Wildman–Crippen MR) is 89.8 cm³/mol. The Hall–Kier alpha value is -1.52. The maximum atomic E-state index is 12.8. The van der Waals surface area contributed by atoms with Gasteiger partial charge in [0.05, 0.1) is 5.56 Å². The van der Waals surface area contributed by atoms with E-state index in [1.165, 1.54) is 44.2 Å². The molecule has 1 aromatic rings. The normalized spacial score (nSPS) is 36.5. The van der Waals surface area contributed by atoms with E-state index in [1.54, 1.807) is 0 Å². The van der Waals surface area contributed by atoms with Crippen molar-refractivity contribution in [2.24, 2.45) is 29.1 Å². The summed E-state index contributed by atoms with van der Waals surface area (Å²) in [4.78, 5) is 12.6. The summed E-state index contributed by atoms with van der Waals surface area (Å²) in [5.74, 6) is 2.70. The second-order valence-electron chi connectivity index (χ2n) is 8.61. The van der Waals surface area contributed by atoms with Crippen LogP contribution in [-0.2, 0) is 11.0 Å². The molecule has 4 aliphatic carbocycles. The van der Waals surface area contributed by atoms with Crippen LogP contribution in [-0.4, -0.2) is 5.91 Å². The van der Waals surface area contributed by atoms with Gasteiger partial charge in [-0.15, -0.1) is 0 Å². The molecule has 1 amide bonds. The van der Waals surface area contributed by atoms with Crippen LogP contribution in [0.3, 0.4) is 0 Å². The van der Waals surface area contributed by atoms with Crippen molar-refractivity contribution in [1.29, 1.82) is 0 Å². The van der Waals surface area contributed by atoms with Crippen molar-refractivity contribution in [2.45, 2.75) is 51.6 Å². The number of carbonyl (C=O) groups excluding carboxylic acids is 1. The van der Waals surface area contributed by atoms with Gasteiger partial charge in [-0.25, -0.2) is 0 Å². The Bertz CT molecular complexity index is 654. The van der Waals surface area contributed by atoms with Crippen molar-refractivity contribution in [3.63, 3.8) is 0 Å². The Kier molecular flexibility index (Phi) is 3.89. The summed E-state index contributed by atoms with van der Waals surface area (Å²) >= 11 is 0. The van der Waals surface area contributed by atoms with Crippen molar-refractivity contribution in [3.05, 3.63) is 29.8 Å². The highest BCUT2D eigenvalue weighted by atomic mass is 19.4. The van der Waals surface area contributed by atoms with Gasteiger partial charge in [0.2, 0.25) is 5.91 Å². The highest BCUT2D eigenvalue weighted by Gasteiger charge is 2.55. The van der Waals surface area contributed by atoms with Crippen LogP contribution in [0.15, 0.2) is 24.3 Å². The molecule has 4 saturated carbocycles. The topological polar surface area (TPSA) is 29.1 Å². The molecule has 0 saturated heterocycles. The van der Waals surface area contributed by atoms with Crippen LogP contribution in [0.1, 0.15) is 51.0 Å². The van der Waals surface area contributed by atoms with Crippen molar-refractivity contribution in [3.8, 4) is 0 Å². The van der Waals surface area contributed by atoms with Crippen LogP contribution in [0.2, 0.25) is 0 Å². The average molecular weight is 351 g/mol. The number of benzene rings is 1.